The number of carbonyl (C=O) groups is 1. The fourth-order valence-electron chi connectivity index (χ4n) is 1.67. The van der Waals surface area contributed by atoms with Crippen molar-refractivity contribution in [2.45, 2.75) is 13.0 Å². The third-order valence-electron chi connectivity index (χ3n) is 2.69. The van der Waals surface area contributed by atoms with Gasteiger partial charge in [0, 0.05) is 25.8 Å². The van der Waals surface area contributed by atoms with Crippen LogP contribution in [0.3, 0.4) is 0 Å². The van der Waals surface area contributed by atoms with E-state index >= 15 is 0 Å². The third kappa shape index (κ3) is 1.96. The lowest BCUT2D eigenvalue weighted by Crippen LogP contribution is -2.58. The van der Waals surface area contributed by atoms with Gasteiger partial charge in [0.1, 0.15) is 5.69 Å². The van der Waals surface area contributed by atoms with Crippen LogP contribution in [0.4, 0.5) is 0 Å². The van der Waals surface area contributed by atoms with Crippen LogP contribution in [0.5, 0.6) is 0 Å². The summed E-state index contributed by atoms with van der Waals surface area (Å²) < 4.78 is 0. The Morgan fingerprint density at radius 2 is 2.38 bits per heavy atom. The maximum Gasteiger partial charge on any atom is 0.274 e. The first-order chi connectivity index (χ1) is 7.72. The first-order valence-corrected chi connectivity index (χ1v) is 5.28. The largest absolute Gasteiger partial charge is 0.332 e. The van der Waals surface area contributed by atoms with Gasteiger partial charge < -0.3 is 15.2 Å². The summed E-state index contributed by atoms with van der Waals surface area (Å²) >= 11 is 0. The molecule has 2 heterocycles. The Hall–Kier alpha value is -1.69. The van der Waals surface area contributed by atoms with Crippen LogP contribution >= 0.6 is 0 Å². The summed E-state index contributed by atoms with van der Waals surface area (Å²) in [7, 11) is 0. The number of aromatic amines is 1. The number of hydrogen-bond acceptors (Lipinski definition) is 4. The Balaban J connectivity index is 2.15. The number of hydrogen-bond donors (Lipinski definition) is 2. The van der Waals surface area contributed by atoms with E-state index in [4.69, 9.17) is 0 Å². The zero-order chi connectivity index (χ0) is 11.5. The molecule has 0 aliphatic carbocycles. The molecule has 0 atom stereocenters. The molecule has 1 saturated heterocycles. The molecule has 2 rings (SSSR count). The highest BCUT2D eigenvalue weighted by Crippen LogP contribution is 2.08. The lowest BCUT2D eigenvalue weighted by atomic mass is 10.1. The summed E-state index contributed by atoms with van der Waals surface area (Å²) in [6.45, 7) is 4.22. The predicted octanol–water partition coefficient (Wildman–Crippen LogP) is -0.796. The van der Waals surface area contributed by atoms with Gasteiger partial charge in [0.05, 0.1) is 12.2 Å². The van der Waals surface area contributed by atoms with E-state index in [-0.39, 0.29) is 23.2 Å². The Bertz CT molecular complexity index is 418. The van der Waals surface area contributed by atoms with E-state index in [0.29, 0.717) is 6.54 Å². The highest BCUT2D eigenvalue weighted by Gasteiger charge is 2.28. The van der Waals surface area contributed by atoms with E-state index in [9.17, 15) is 9.59 Å². The van der Waals surface area contributed by atoms with E-state index in [1.54, 1.807) is 4.90 Å². The second-order valence-electron chi connectivity index (χ2n) is 3.70. The second kappa shape index (κ2) is 4.44. The fourth-order valence-corrected chi connectivity index (χ4v) is 1.67. The number of likely N-dealkylation sites (N-methyl/N-ethyl adjacent to an activating group) is 1. The molecule has 0 saturated carbocycles. The SMILES string of the molecule is CCN(C(=O)c1c[nH]c(=O)cn1)C1CNC1. The molecule has 2 N–H and O–H groups in total. The number of amides is 1. The molecule has 1 aliphatic rings. The molecule has 16 heavy (non-hydrogen) atoms. The van der Waals surface area contributed by atoms with Crippen molar-refractivity contribution in [3.05, 3.63) is 28.4 Å². The van der Waals surface area contributed by atoms with Crippen LogP contribution < -0.4 is 10.9 Å². The summed E-state index contributed by atoms with van der Waals surface area (Å²) in [6.07, 6.45) is 2.49. The van der Waals surface area contributed by atoms with Gasteiger partial charge >= 0.3 is 0 Å². The summed E-state index contributed by atoms with van der Waals surface area (Å²) in [6, 6.07) is 0.242. The number of aromatic nitrogens is 2. The number of nitrogens with one attached hydrogen (secondary N) is 2. The van der Waals surface area contributed by atoms with Gasteiger partial charge in [-0.2, -0.15) is 0 Å². The number of carbonyl (C=O) groups excluding carboxylic acids is 1. The van der Waals surface area contributed by atoms with Crippen LogP contribution in [0.1, 0.15) is 17.4 Å². The zero-order valence-electron chi connectivity index (χ0n) is 9.06. The molecule has 0 spiro atoms. The van der Waals surface area contributed by atoms with Crippen molar-refractivity contribution in [3.63, 3.8) is 0 Å². The molecule has 0 aromatic carbocycles. The van der Waals surface area contributed by atoms with Crippen molar-refractivity contribution in [1.29, 1.82) is 0 Å². The molecule has 1 aliphatic heterocycles. The Morgan fingerprint density at radius 1 is 1.62 bits per heavy atom. The van der Waals surface area contributed by atoms with Crippen LogP contribution in [-0.4, -0.2) is 46.5 Å². The highest BCUT2D eigenvalue weighted by molar-refractivity contribution is 5.92. The molecular weight excluding hydrogens is 208 g/mol. The lowest BCUT2D eigenvalue weighted by molar-refractivity contribution is 0.0623. The Labute approximate surface area is 92.7 Å². The van der Waals surface area contributed by atoms with E-state index in [0.717, 1.165) is 19.3 Å². The summed E-state index contributed by atoms with van der Waals surface area (Å²) in [5, 5.41) is 3.12. The monoisotopic (exact) mass is 222 g/mol. The average molecular weight is 222 g/mol. The van der Waals surface area contributed by atoms with E-state index in [2.05, 4.69) is 15.3 Å². The zero-order valence-corrected chi connectivity index (χ0v) is 9.06. The minimum Gasteiger partial charge on any atom is -0.332 e. The van der Waals surface area contributed by atoms with Gasteiger partial charge in [0.25, 0.3) is 11.5 Å². The first kappa shape index (κ1) is 10.8. The van der Waals surface area contributed by atoms with Crippen molar-refractivity contribution in [3.8, 4) is 0 Å². The number of H-pyrrole nitrogens is 1. The summed E-state index contributed by atoms with van der Waals surface area (Å²) in [5.41, 5.74) is -0.0155. The fraction of sp³-hybridized carbons (Fsp3) is 0.500. The summed E-state index contributed by atoms with van der Waals surface area (Å²) in [5.74, 6) is -0.134. The quantitative estimate of drug-likeness (QED) is 0.702. The minimum absolute atomic E-state index is 0.134. The van der Waals surface area contributed by atoms with Gasteiger partial charge in [-0.05, 0) is 6.92 Å². The van der Waals surface area contributed by atoms with Crippen molar-refractivity contribution in [2.24, 2.45) is 0 Å². The lowest BCUT2D eigenvalue weighted by Gasteiger charge is -2.37. The van der Waals surface area contributed by atoms with Crippen LogP contribution in [0.2, 0.25) is 0 Å². The highest BCUT2D eigenvalue weighted by atomic mass is 16.2. The molecule has 0 unspecified atom stereocenters. The molecule has 86 valence electrons. The van der Waals surface area contributed by atoms with Crippen LogP contribution in [0, 0.1) is 0 Å². The maximum absolute atomic E-state index is 12.0. The number of nitrogens with zero attached hydrogens (tertiary/aromatic N) is 2. The average Bonchev–Trinajstić information content (AvgIpc) is 2.23. The van der Waals surface area contributed by atoms with Gasteiger partial charge in [-0.15, -0.1) is 0 Å². The molecule has 1 fully saturated rings. The minimum atomic E-state index is -0.301. The normalized spacial score (nSPS) is 15.6. The smallest absolute Gasteiger partial charge is 0.274 e. The first-order valence-electron chi connectivity index (χ1n) is 5.28. The molecule has 1 amide bonds. The molecule has 6 nitrogen and oxygen atoms in total. The van der Waals surface area contributed by atoms with Crippen molar-refractivity contribution in [1.82, 2.24) is 20.2 Å². The maximum atomic E-state index is 12.0. The van der Waals surface area contributed by atoms with Crippen LogP contribution in [-0.2, 0) is 0 Å². The van der Waals surface area contributed by atoms with E-state index in [1.165, 1.54) is 6.20 Å². The van der Waals surface area contributed by atoms with Gasteiger partial charge in [-0.1, -0.05) is 0 Å². The van der Waals surface area contributed by atoms with Crippen molar-refractivity contribution >= 4 is 5.91 Å². The Morgan fingerprint density at radius 3 is 2.81 bits per heavy atom. The van der Waals surface area contributed by atoms with Gasteiger partial charge in [0.15, 0.2) is 0 Å². The topological polar surface area (TPSA) is 78.1 Å². The number of rotatable bonds is 3. The van der Waals surface area contributed by atoms with E-state index < -0.39 is 0 Å². The standard InChI is InChI=1S/C10H14N4O2/c1-2-14(7-3-11-4-7)10(16)8-5-13-9(15)6-12-8/h5-7,11H,2-4H2,1H3,(H,13,15). The molecule has 0 bridgehead atoms. The van der Waals surface area contributed by atoms with Gasteiger partial charge in [-0.3, -0.25) is 9.59 Å². The Kier molecular flexibility index (Phi) is 3.00. The molecular formula is C10H14N4O2. The summed E-state index contributed by atoms with van der Waals surface area (Å²) in [4.78, 5) is 30.9. The van der Waals surface area contributed by atoms with Crippen molar-refractivity contribution < 1.29 is 4.79 Å². The van der Waals surface area contributed by atoms with Gasteiger partial charge in [-0.25, -0.2) is 4.98 Å². The third-order valence-corrected chi connectivity index (χ3v) is 2.69. The molecule has 0 radical (unpaired) electrons. The molecule has 6 heteroatoms. The van der Waals surface area contributed by atoms with Crippen LogP contribution in [0.25, 0.3) is 0 Å². The van der Waals surface area contributed by atoms with Crippen LogP contribution in [0.15, 0.2) is 17.2 Å². The molecule has 1 aromatic rings. The second-order valence-corrected chi connectivity index (χ2v) is 3.70. The van der Waals surface area contributed by atoms with E-state index in [1.807, 2.05) is 6.92 Å². The molecule has 1 aromatic heterocycles. The van der Waals surface area contributed by atoms with Crippen molar-refractivity contribution in [2.75, 3.05) is 19.6 Å². The predicted molar refractivity (Wildman–Crippen MR) is 58.2 cm³/mol. The van der Waals surface area contributed by atoms with Gasteiger partial charge in [0.2, 0.25) is 0 Å².